The van der Waals surface area contributed by atoms with E-state index in [-0.39, 0.29) is 10.3 Å². The average Bonchev–Trinajstić information content (AvgIpc) is 3.07. The predicted molar refractivity (Wildman–Crippen MR) is 64.3 cm³/mol. The van der Waals surface area contributed by atoms with Crippen LogP contribution in [0.1, 0.15) is 30.9 Å². The molecule has 1 N–H and O–H groups in total. The fourth-order valence-electron chi connectivity index (χ4n) is 1.86. The highest BCUT2D eigenvalue weighted by Crippen LogP contribution is 2.49. The summed E-state index contributed by atoms with van der Waals surface area (Å²) in [5.74, 6) is 0. The average molecular weight is 293 g/mol. The number of rotatable bonds is 3. The van der Waals surface area contributed by atoms with Gasteiger partial charge in [0, 0.05) is 0 Å². The minimum absolute atomic E-state index is 0.334. The van der Waals surface area contributed by atoms with Crippen molar-refractivity contribution in [3.63, 3.8) is 0 Å². The lowest BCUT2D eigenvalue weighted by molar-refractivity contribution is -0.137. The lowest BCUT2D eigenvalue weighted by atomic mass is 9.96. The second-order valence-electron chi connectivity index (χ2n) is 5.01. The van der Waals surface area contributed by atoms with Crippen LogP contribution < -0.4 is 4.72 Å². The van der Waals surface area contributed by atoms with Crippen LogP contribution >= 0.6 is 0 Å². The molecule has 0 spiro atoms. The van der Waals surface area contributed by atoms with Gasteiger partial charge in [0.2, 0.25) is 10.0 Å². The van der Waals surface area contributed by atoms with Crippen LogP contribution in [0.5, 0.6) is 0 Å². The normalized spacial score (nSPS) is 18.4. The van der Waals surface area contributed by atoms with Crippen LogP contribution in [0, 0.1) is 0 Å². The van der Waals surface area contributed by atoms with Crippen LogP contribution in [0.2, 0.25) is 0 Å². The third-order valence-electron chi connectivity index (χ3n) is 3.51. The molecule has 1 fully saturated rings. The molecule has 7 heteroatoms. The van der Waals surface area contributed by atoms with E-state index in [0.29, 0.717) is 11.6 Å². The molecule has 0 amide bonds. The Labute approximate surface area is 109 Å². The first kappa shape index (κ1) is 14.3. The van der Waals surface area contributed by atoms with Gasteiger partial charge < -0.3 is 0 Å². The van der Waals surface area contributed by atoms with Crippen molar-refractivity contribution in [2.45, 2.75) is 36.3 Å². The number of benzene rings is 1. The zero-order valence-electron chi connectivity index (χ0n) is 10.5. The van der Waals surface area contributed by atoms with Crippen LogP contribution in [0.4, 0.5) is 13.2 Å². The molecule has 3 nitrogen and oxygen atoms in total. The topological polar surface area (TPSA) is 46.2 Å². The van der Waals surface area contributed by atoms with Gasteiger partial charge in [0.15, 0.2) is 0 Å². The van der Waals surface area contributed by atoms with E-state index < -0.39 is 21.8 Å². The summed E-state index contributed by atoms with van der Waals surface area (Å²) in [6.45, 7) is 1.83. The number of halogens is 3. The van der Waals surface area contributed by atoms with Gasteiger partial charge in [-0.15, -0.1) is 0 Å². The van der Waals surface area contributed by atoms with Crippen LogP contribution in [0.15, 0.2) is 23.1 Å². The zero-order chi connectivity index (χ0) is 14.5. The van der Waals surface area contributed by atoms with Gasteiger partial charge in [0.05, 0.1) is 10.5 Å². The Hall–Kier alpha value is -1.08. The van der Waals surface area contributed by atoms with E-state index in [9.17, 15) is 21.6 Å². The van der Waals surface area contributed by atoms with E-state index in [1.807, 2.05) is 11.6 Å². The minimum atomic E-state index is -4.56. The summed E-state index contributed by atoms with van der Waals surface area (Å²) in [6, 6.07) is 3.04. The first-order chi connectivity index (χ1) is 8.58. The highest BCUT2D eigenvalue weighted by molar-refractivity contribution is 7.89. The SMILES string of the molecule is CNS(=O)(=O)c1cc(C(F)(F)F)cc(C2(C)CC2)c1. The molecule has 0 saturated heterocycles. The summed E-state index contributed by atoms with van der Waals surface area (Å²) in [5, 5.41) is 0. The Bertz CT molecular complexity index is 580. The van der Waals surface area contributed by atoms with Gasteiger partial charge in [-0.25, -0.2) is 13.1 Å². The third-order valence-corrected chi connectivity index (χ3v) is 4.90. The molecule has 1 aliphatic carbocycles. The maximum absolute atomic E-state index is 12.8. The summed E-state index contributed by atoms with van der Waals surface area (Å²) in [4.78, 5) is -0.340. The van der Waals surface area contributed by atoms with Gasteiger partial charge in [0.1, 0.15) is 0 Å². The molecule has 0 bridgehead atoms. The first-order valence-electron chi connectivity index (χ1n) is 5.75. The molecule has 106 valence electrons. The Morgan fingerprint density at radius 2 is 1.79 bits per heavy atom. The molecule has 1 saturated carbocycles. The van der Waals surface area contributed by atoms with Crippen molar-refractivity contribution in [2.24, 2.45) is 0 Å². The maximum atomic E-state index is 12.8. The molecule has 0 radical (unpaired) electrons. The van der Waals surface area contributed by atoms with Crippen molar-refractivity contribution >= 4 is 10.0 Å². The second-order valence-corrected chi connectivity index (χ2v) is 6.90. The maximum Gasteiger partial charge on any atom is 0.416 e. The van der Waals surface area contributed by atoms with Crippen molar-refractivity contribution in [2.75, 3.05) is 7.05 Å². The number of sulfonamides is 1. The fraction of sp³-hybridized carbons (Fsp3) is 0.500. The molecule has 1 aliphatic rings. The molecule has 0 atom stereocenters. The smallest absolute Gasteiger partial charge is 0.214 e. The van der Waals surface area contributed by atoms with Crippen molar-refractivity contribution in [3.8, 4) is 0 Å². The van der Waals surface area contributed by atoms with Crippen molar-refractivity contribution < 1.29 is 21.6 Å². The Kier molecular flexibility index (Phi) is 3.17. The number of alkyl halides is 3. The monoisotopic (exact) mass is 293 g/mol. The second kappa shape index (κ2) is 4.21. The molecular formula is C12H14F3NO2S. The standard InChI is InChI=1S/C12H14F3NO2S/c1-11(3-4-11)8-5-9(12(13,14)15)7-10(6-8)19(17,18)16-2/h5-7,16H,3-4H2,1-2H3. The summed E-state index contributed by atoms with van der Waals surface area (Å²) in [5.41, 5.74) is -0.831. The Morgan fingerprint density at radius 1 is 1.21 bits per heavy atom. The van der Waals surface area contributed by atoms with Crippen LogP contribution in [0.3, 0.4) is 0 Å². The van der Waals surface area contributed by atoms with Gasteiger partial charge in [0.25, 0.3) is 0 Å². The predicted octanol–water partition coefficient (Wildman–Crippen LogP) is 2.67. The molecule has 19 heavy (non-hydrogen) atoms. The summed E-state index contributed by atoms with van der Waals surface area (Å²) >= 11 is 0. The lowest BCUT2D eigenvalue weighted by Gasteiger charge is -2.15. The molecule has 2 rings (SSSR count). The Morgan fingerprint density at radius 3 is 2.21 bits per heavy atom. The molecule has 1 aromatic rings. The number of hydrogen-bond acceptors (Lipinski definition) is 2. The quantitative estimate of drug-likeness (QED) is 0.931. The summed E-state index contributed by atoms with van der Waals surface area (Å²) in [7, 11) is -2.71. The van der Waals surface area contributed by atoms with Crippen molar-refractivity contribution in [1.82, 2.24) is 4.72 Å². The third kappa shape index (κ3) is 2.76. The van der Waals surface area contributed by atoms with Gasteiger partial charge in [-0.1, -0.05) is 6.92 Å². The van der Waals surface area contributed by atoms with E-state index in [4.69, 9.17) is 0 Å². The highest BCUT2D eigenvalue weighted by atomic mass is 32.2. The number of hydrogen-bond donors (Lipinski definition) is 1. The summed E-state index contributed by atoms with van der Waals surface area (Å²) in [6.07, 6.45) is -3.01. The van der Waals surface area contributed by atoms with Gasteiger partial charge in [-0.05, 0) is 49.1 Å². The molecule has 0 aliphatic heterocycles. The molecule has 0 aromatic heterocycles. The lowest BCUT2D eigenvalue weighted by Crippen LogP contribution is -2.20. The molecule has 0 unspecified atom stereocenters. The minimum Gasteiger partial charge on any atom is -0.214 e. The van der Waals surface area contributed by atoms with Crippen molar-refractivity contribution in [1.29, 1.82) is 0 Å². The zero-order valence-corrected chi connectivity index (χ0v) is 11.3. The van der Waals surface area contributed by atoms with Crippen LogP contribution in [0.25, 0.3) is 0 Å². The van der Waals surface area contributed by atoms with Gasteiger partial charge >= 0.3 is 6.18 Å². The molecular weight excluding hydrogens is 279 g/mol. The largest absolute Gasteiger partial charge is 0.416 e. The number of nitrogens with one attached hydrogen (secondary N) is 1. The van der Waals surface area contributed by atoms with Gasteiger partial charge in [-0.3, -0.25) is 0 Å². The van der Waals surface area contributed by atoms with Crippen molar-refractivity contribution in [3.05, 3.63) is 29.3 Å². The molecule has 0 heterocycles. The van der Waals surface area contributed by atoms with Crippen LogP contribution in [-0.4, -0.2) is 15.5 Å². The van der Waals surface area contributed by atoms with E-state index in [0.717, 1.165) is 18.9 Å². The first-order valence-corrected chi connectivity index (χ1v) is 7.23. The Balaban J connectivity index is 2.63. The summed E-state index contributed by atoms with van der Waals surface area (Å²) < 4.78 is 63.9. The van der Waals surface area contributed by atoms with Crippen LogP contribution in [-0.2, 0) is 21.6 Å². The van der Waals surface area contributed by atoms with E-state index in [2.05, 4.69) is 0 Å². The fourth-order valence-corrected chi connectivity index (χ4v) is 2.66. The van der Waals surface area contributed by atoms with E-state index in [1.165, 1.54) is 13.1 Å². The van der Waals surface area contributed by atoms with E-state index >= 15 is 0 Å². The van der Waals surface area contributed by atoms with E-state index in [1.54, 1.807) is 0 Å². The molecule has 1 aromatic carbocycles. The highest BCUT2D eigenvalue weighted by Gasteiger charge is 2.41. The van der Waals surface area contributed by atoms with Gasteiger partial charge in [-0.2, -0.15) is 13.2 Å².